The van der Waals surface area contributed by atoms with Crippen molar-refractivity contribution < 1.29 is 14.7 Å². The molecule has 0 unspecified atom stereocenters. The Morgan fingerprint density at radius 1 is 1.27 bits per heavy atom. The van der Waals surface area contributed by atoms with Crippen molar-refractivity contribution in [3.8, 4) is 5.13 Å². The van der Waals surface area contributed by atoms with Crippen LogP contribution in [0.1, 0.15) is 21.6 Å². The predicted molar refractivity (Wildman–Crippen MR) is 121 cm³/mol. The van der Waals surface area contributed by atoms with Gasteiger partial charge in [0.15, 0.2) is 10.8 Å². The van der Waals surface area contributed by atoms with Crippen LogP contribution in [0.25, 0.3) is 16.2 Å². The van der Waals surface area contributed by atoms with Gasteiger partial charge in [0.1, 0.15) is 17.2 Å². The zero-order valence-corrected chi connectivity index (χ0v) is 18.3. The van der Waals surface area contributed by atoms with E-state index in [1.54, 1.807) is 42.9 Å². The van der Waals surface area contributed by atoms with E-state index in [4.69, 9.17) is 0 Å². The number of aromatic carboxylic acids is 1. The number of rotatable bonds is 6. The number of carboxylic acids is 1. The van der Waals surface area contributed by atoms with E-state index in [9.17, 15) is 19.5 Å². The molecule has 0 saturated carbocycles. The zero-order chi connectivity index (χ0) is 23.1. The molecule has 0 aliphatic carbocycles. The normalized spacial score (nSPS) is 13.8. The summed E-state index contributed by atoms with van der Waals surface area (Å²) < 4.78 is 1.54. The Balaban J connectivity index is 1.48. The molecule has 4 aromatic heterocycles. The monoisotopic (exact) mass is 462 g/mol. The third-order valence-electron chi connectivity index (χ3n) is 5.64. The maximum absolute atomic E-state index is 12.9. The summed E-state index contributed by atoms with van der Waals surface area (Å²) in [4.78, 5) is 48.0. The van der Waals surface area contributed by atoms with Crippen molar-refractivity contribution in [2.45, 2.75) is 13.3 Å². The maximum Gasteiger partial charge on any atom is 0.341 e. The first kappa shape index (κ1) is 20.9. The van der Waals surface area contributed by atoms with Gasteiger partial charge in [0.05, 0.1) is 23.4 Å². The van der Waals surface area contributed by atoms with Gasteiger partial charge in [-0.2, -0.15) is 10.2 Å². The molecule has 0 radical (unpaired) electrons. The number of ketones is 1. The molecule has 1 N–H and O–H groups in total. The second kappa shape index (κ2) is 8.17. The van der Waals surface area contributed by atoms with Crippen molar-refractivity contribution in [2.24, 2.45) is 5.92 Å². The molecule has 1 aliphatic rings. The van der Waals surface area contributed by atoms with Gasteiger partial charge >= 0.3 is 5.97 Å². The highest BCUT2D eigenvalue weighted by molar-refractivity contribution is 7.12. The number of carboxylic acid groups (broad SMARTS) is 1. The molecule has 5 rings (SSSR count). The van der Waals surface area contributed by atoms with E-state index in [1.165, 1.54) is 22.1 Å². The quantitative estimate of drug-likeness (QED) is 0.456. The molecule has 0 amide bonds. The summed E-state index contributed by atoms with van der Waals surface area (Å²) in [5, 5.41) is 19.8. The van der Waals surface area contributed by atoms with Crippen LogP contribution < -0.4 is 10.3 Å². The number of hydrogen-bond acceptors (Lipinski definition) is 9. The Morgan fingerprint density at radius 2 is 2.09 bits per heavy atom. The van der Waals surface area contributed by atoms with Crippen LogP contribution in [0.2, 0.25) is 0 Å². The molecule has 1 saturated heterocycles. The molecule has 5 heterocycles. The van der Waals surface area contributed by atoms with Crippen LogP contribution in [-0.4, -0.2) is 54.7 Å². The van der Waals surface area contributed by atoms with Gasteiger partial charge in [0.2, 0.25) is 5.43 Å². The van der Waals surface area contributed by atoms with Gasteiger partial charge in [-0.15, -0.1) is 11.3 Å². The zero-order valence-electron chi connectivity index (χ0n) is 17.5. The first-order valence-corrected chi connectivity index (χ1v) is 11.0. The van der Waals surface area contributed by atoms with Crippen LogP contribution in [0.4, 0.5) is 5.82 Å². The number of carbonyl (C=O) groups excluding carboxylic acids is 1. The molecule has 166 valence electrons. The summed E-state index contributed by atoms with van der Waals surface area (Å²) in [6, 6.07) is 5.28. The van der Waals surface area contributed by atoms with Gasteiger partial charge in [0, 0.05) is 37.1 Å². The highest BCUT2D eigenvalue weighted by Crippen LogP contribution is 2.29. The van der Waals surface area contributed by atoms with Crippen LogP contribution in [0.15, 0.2) is 47.0 Å². The summed E-state index contributed by atoms with van der Waals surface area (Å²) >= 11 is 1.31. The van der Waals surface area contributed by atoms with Gasteiger partial charge < -0.3 is 10.0 Å². The van der Waals surface area contributed by atoms with Crippen LogP contribution in [0.3, 0.4) is 0 Å². The van der Waals surface area contributed by atoms with Crippen LogP contribution >= 0.6 is 11.3 Å². The molecule has 1 fully saturated rings. The number of carbonyl (C=O) groups is 2. The second-order valence-electron chi connectivity index (χ2n) is 7.82. The van der Waals surface area contributed by atoms with Crippen LogP contribution in [0, 0.1) is 12.8 Å². The lowest BCUT2D eigenvalue weighted by Crippen LogP contribution is -2.51. The maximum atomic E-state index is 12.9. The van der Waals surface area contributed by atoms with Crippen molar-refractivity contribution in [2.75, 3.05) is 18.0 Å². The summed E-state index contributed by atoms with van der Waals surface area (Å²) in [6.45, 7) is 2.76. The molecule has 11 heteroatoms. The first-order valence-electron chi connectivity index (χ1n) is 10.2. The Labute approximate surface area is 191 Å². The Kier molecular flexibility index (Phi) is 5.17. The van der Waals surface area contributed by atoms with E-state index in [-0.39, 0.29) is 29.1 Å². The van der Waals surface area contributed by atoms with E-state index in [2.05, 4.69) is 20.2 Å². The van der Waals surface area contributed by atoms with E-state index in [0.29, 0.717) is 40.9 Å². The molecular weight excluding hydrogens is 444 g/mol. The van der Waals surface area contributed by atoms with Crippen molar-refractivity contribution in [3.63, 3.8) is 0 Å². The highest BCUT2D eigenvalue weighted by Gasteiger charge is 2.34. The van der Waals surface area contributed by atoms with Crippen LogP contribution in [0.5, 0.6) is 0 Å². The number of anilines is 1. The molecular formula is C22H18N6O4S. The van der Waals surface area contributed by atoms with Crippen molar-refractivity contribution in [1.82, 2.24) is 24.7 Å². The molecule has 1 aliphatic heterocycles. The van der Waals surface area contributed by atoms with Gasteiger partial charge in [0.25, 0.3) is 0 Å². The SMILES string of the molecule is Cc1cc(N2CC(C(=O)Cc3cccnn3)C2)nc2c1c(=O)c(C(=O)O)cn2-c1nccs1. The Hall–Kier alpha value is -3.99. The summed E-state index contributed by atoms with van der Waals surface area (Å²) in [5.41, 5.74) is 0.672. The standard InChI is InChI=1S/C22H18N6O4S/c1-12-7-17(27-9-13(10-27)16(29)8-14-3-2-4-24-26-14)25-20-18(12)19(30)15(21(31)32)11-28(20)22-23-5-6-33-22/h2-7,11,13H,8-10H2,1H3,(H,31,32). The number of Topliss-reactive ketones (excluding diaryl/α,β-unsaturated/α-hetero) is 1. The second-order valence-corrected chi connectivity index (χ2v) is 8.69. The Morgan fingerprint density at radius 3 is 2.76 bits per heavy atom. The molecule has 10 nitrogen and oxygen atoms in total. The number of hydrogen-bond donors (Lipinski definition) is 1. The van der Waals surface area contributed by atoms with Gasteiger partial charge in [-0.1, -0.05) is 0 Å². The minimum absolute atomic E-state index is 0.0926. The molecule has 0 bridgehead atoms. The summed E-state index contributed by atoms with van der Waals surface area (Å²) in [7, 11) is 0. The van der Waals surface area contributed by atoms with Crippen LogP contribution in [-0.2, 0) is 11.2 Å². The molecule has 33 heavy (non-hydrogen) atoms. The number of nitrogens with zero attached hydrogens (tertiary/aromatic N) is 6. The van der Waals surface area contributed by atoms with E-state index in [0.717, 1.165) is 0 Å². The number of fused-ring (bicyclic) bond motifs is 1. The number of aromatic nitrogens is 5. The average Bonchev–Trinajstić information content (AvgIpc) is 3.28. The highest BCUT2D eigenvalue weighted by atomic mass is 32.1. The predicted octanol–water partition coefficient (Wildman–Crippen LogP) is 1.89. The third kappa shape index (κ3) is 3.76. The summed E-state index contributed by atoms with van der Waals surface area (Å²) in [6.07, 6.45) is 4.67. The third-order valence-corrected chi connectivity index (χ3v) is 6.41. The van der Waals surface area contributed by atoms with Crippen molar-refractivity contribution in [1.29, 1.82) is 0 Å². The number of pyridine rings is 2. The smallest absolute Gasteiger partial charge is 0.341 e. The first-order chi connectivity index (χ1) is 15.9. The van der Waals surface area contributed by atoms with E-state index >= 15 is 0 Å². The lowest BCUT2D eigenvalue weighted by atomic mass is 9.92. The topological polar surface area (TPSA) is 131 Å². The molecule has 0 atom stereocenters. The fourth-order valence-electron chi connectivity index (χ4n) is 3.89. The molecule has 0 aromatic carbocycles. The Bertz CT molecular complexity index is 1430. The van der Waals surface area contributed by atoms with Crippen molar-refractivity contribution in [3.05, 3.63) is 69.2 Å². The minimum Gasteiger partial charge on any atom is -0.477 e. The fourth-order valence-corrected chi connectivity index (χ4v) is 4.51. The van der Waals surface area contributed by atoms with E-state index < -0.39 is 11.4 Å². The summed E-state index contributed by atoms with van der Waals surface area (Å²) in [5.74, 6) is -0.727. The van der Waals surface area contributed by atoms with Gasteiger partial charge in [-0.3, -0.25) is 14.2 Å². The minimum atomic E-state index is -1.30. The number of aryl methyl sites for hydroxylation is 1. The number of thiazole rings is 1. The van der Waals surface area contributed by atoms with Gasteiger partial charge in [-0.25, -0.2) is 14.8 Å². The lowest BCUT2D eigenvalue weighted by Gasteiger charge is -2.39. The fraction of sp³-hybridized carbons (Fsp3) is 0.227. The average molecular weight is 462 g/mol. The molecule has 4 aromatic rings. The largest absolute Gasteiger partial charge is 0.477 e. The lowest BCUT2D eigenvalue weighted by molar-refractivity contribution is -0.123. The van der Waals surface area contributed by atoms with E-state index in [1.807, 2.05) is 4.90 Å². The van der Waals surface area contributed by atoms with Crippen molar-refractivity contribution >= 4 is 39.9 Å². The molecule has 0 spiro atoms. The van der Waals surface area contributed by atoms with Gasteiger partial charge in [-0.05, 0) is 30.7 Å².